The van der Waals surface area contributed by atoms with E-state index in [0.717, 1.165) is 12.8 Å². The first-order valence-electron chi connectivity index (χ1n) is 11.8. The molecule has 0 radical (unpaired) electrons. The molecule has 10 nitrogen and oxygen atoms in total. The fraction of sp³-hybridized carbons (Fsp3) is 0.458. The molecule has 0 bridgehead atoms. The summed E-state index contributed by atoms with van der Waals surface area (Å²) in [6, 6.07) is 10.6. The van der Waals surface area contributed by atoms with Gasteiger partial charge in [0, 0.05) is 31.4 Å². The average Bonchev–Trinajstić information content (AvgIpc) is 3.62. The number of aromatic amines is 1. The predicted octanol–water partition coefficient (Wildman–Crippen LogP) is 3.13. The number of fused-ring (bicyclic) bond motifs is 1. The summed E-state index contributed by atoms with van der Waals surface area (Å²) in [4.78, 5) is 15.6. The molecule has 35 heavy (non-hydrogen) atoms. The van der Waals surface area contributed by atoms with Crippen LogP contribution in [0, 0.1) is 17.2 Å². The van der Waals surface area contributed by atoms with Gasteiger partial charge in [-0.1, -0.05) is 0 Å². The summed E-state index contributed by atoms with van der Waals surface area (Å²) in [5.41, 5.74) is 1.08. The Labute approximate surface area is 203 Å². The van der Waals surface area contributed by atoms with E-state index in [9.17, 15) is 13.2 Å². The number of hydrogen-bond acceptors (Lipinski definition) is 7. The smallest absolute Gasteiger partial charge is 0.261 e. The summed E-state index contributed by atoms with van der Waals surface area (Å²) in [5.74, 6) is 0.855. The summed E-state index contributed by atoms with van der Waals surface area (Å²) < 4.78 is 34.8. The van der Waals surface area contributed by atoms with Gasteiger partial charge in [0.2, 0.25) is 10.0 Å². The lowest BCUT2D eigenvalue weighted by molar-refractivity contribution is 0.0102. The van der Waals surface area contributed by atoms with Gasteiger partial charge in [-0.05, 0) is 62.4 Å². The SMILES string of the molecule is CC1CN(S(=O)(=O)c2ccc(Nc3nn([C@@H](CCC#N)C4CC4)c4cc[nH]c(=O)c34)cc2)CCO1. The van der Waals surface area contributed by atoms with E-state index in [1.54, 1.807) is 30.5 Å². The molecule has 1 unspecified atom stereocenters. The van der Waals surface area contributed by atoms with Gasteiger partial charge in [0.05, 0.1) is 35.2 Å². The van der Waals surface area contributed by atoms with Crippen LogP contribution in [-0.2, 0) is 14.8 Å². The summed E-state index contributed by atoms with van der Waals surface area (Å²) in [6.07, 6.45) is 4.73. The van der Waals surface area contributed by atoms with Gasteiger partial charge < -0.3 is 15.0 Å². The van der Waals surface area contributed by atoms with Crippen molar-refractivity contribution >= 4 is 32.4 Å². The topological polar surface area (TPSA) is 133 Å². The summed E-state index contributed by atoms with van der Waals surface area (Å²) >= 11 is 0. The third-order valence-electron chi connectivity index (χ3n) is 6.62. The number of ether oxygens (including phenoxy) is 1. The van der Waals surface area contributed by atoms with Crippen molar-refractivity contribution in [1.29, 1.82) is 5.26 Å². The maximum Gasteiger partial charge on any atom is 0.261 e. The quantitative estimate of drug-likeness (QED) is 0.489. The number of benzene rings is 1. The number of H-pyrrole nitrogens is 1. The van der Waals surface area contributed by atoms with Crippen molar-refractivity contribution in [2.45, 2.75) is 49.6 Å². The van der Waals surface area contributed by atoms with Crippen molar-refractivity contribution in [3.63, 3.8) is 0 Å². The summed E-state index contributed by atoms with van der Waals surface area (Å²) in [7, 11) is -3.62. The van der Waals surface area contributed by atoms with Crippen LogP contribution in [-0.4, -0.2) is 53.3 Å². The number of sulfonamides is 1. The van der Waals surface area contributed by atoms with E-state index in [-0.39, 0.29) is 22.6 Å². The summed E-state index contributed by atoms with van der Waals surface area (Å²) in [6.45, 7) is 2.88. The minimum Gasteiger partial charge on any atom is -0.376 e. The van der Waals surface area contributed by atoms with Gasteiger partial charge in [-0.25, -0.2) is 8.42 Å². The molecule has 2 aromatic heterocycles. The van der Waals surface area contributed by atoms with Gasteiger partial charge in [0.1, 0.15) is 5.39 Å². The van der Waals surface area contributed by atoms with Gasteiger partial charge in [0.15, 0.2) is 5.82 Å². The van der Waals surface area contributed by atoms with Crippen molar-refractivity contribution in [3.05, 3.63) is 46.9 Å². The Morgan fingerprint density at radius 1 is 1.29 bits per heavy atom. The molecule has 1 aliphatic carbocycles. The maximum absolute atomic E-state index is 13.0. The molecule has 2 fully saturated rings. The van der Waals surface area contributed by atoms with Gasteiger partial charge in [-0.3, -0.25) is 9.48 Å². The van der Waals surface area contributed by atoms with Crippen molar-refractivity contribution in [2.24, 2.45) is 5.92 Å². The van der Waals surface area contributed by atoms with Gasteiger partial charge >= 0.3 is 0 Å². The molecule has 2 N–H and O–H groups in total. The molecular formula is C24H28N6O4S. The second-order valence-electron chi connectivity index (χ2n) is 9.16. The van der Waals surface area contributed by atoms with Crippen molar-refractivity contribution in [3.8, 4) is 6.07 Å². The zero-order valence-electron chi connectivity index (χ0n) is 19.5. The first-order chi connectivity index (χ1) is 16.9. The van der Waals surface area contributed by atoms with E-state index >= 15 is 0 Å². The van der Waals surface area contributed by atoms with Crippen LogP contribution in [0.3, 0.4) is 0 Å². The highest BCUT2D eigenvalue weighted by molar-refractivity contribution is 7.89. The molecular weight excluding hydrogens is 468 g/mol. The van der Waals surface area contributed by atoms with Crippen LogP contribution < -0.4 is 10.9 Å². The number of nitrogens with one attached hydrogen (secondary N) is 2. The molecule has 0 spiro atoms. The average molecular weight is 497 g/mol. The number of pyridine rings is 1. The molecule has 0 amide bonds. The third-order valence-corrected chi connectivity index (χ3v) is 8.50. The van der Waals surface area contributed by atoms with E-state index in [4.69, 9.17) is 15.1 Å². The molecule has 3 heterocycles. The number of hydrogen-bond donors (Lipinski definition) is 2. The maximum atomic E-state index is 13.0. The first kappa shape index (κ1) is 23.5. The zero-order chi connectivity index (χ0) is 24.6. The summed E-state index contributed by atoms with van der Waals surface area (Å²) in [5, 5.41) is 17.5. The Balaban J connectivity index is 1.44. The van der Waals surface area contributed by atoms with Crippen LogP contribution in [0.2, 0.25) is 0 Å². The highest BCUT2D eigenvalue weighted by Gasteiger charge is 2.34. The van der Waals surface area contributed by atoms with E-state index in [1.807, 2.05) is 17.7 Å². The van der Waals surface area contributed by atoms with Crippen LogP contribution in [0.15, 0.2) is 46.2 Å². The highest BCUT2D eigenvalue weighted by atomic mass is 32.2. The fourth-order valence-electron chi connectivity index (χ4n) is 4.69. The Morgan fingerprint density at radius 3 is 2.74 bits per heavy atom. The second kappa shape index (κ2) is 9.45. The number of morpholine rings is 1. The van der Waals surface area contributed by atoms with Crippen LogP contribution >= 0.6 is 0 Å². The standard InChI is InChI=1S/C24H28N6O4S/c1-16-15-29(13-14-34-16)35(32,33)19-8-6-18(7-9-19)27-23-22-21(10-12-26-24(22)31)30(28-23)20(3-2-11-25)17-4-5-17/h6-10,12,16-17,20H,2-5,13-15H2,1H3,(H,26,31)(H,27,28)/t16?,20-/m0/s1. The lowest BCUT2D eigenvalue weighted by Crippen LogP contribution is -2.44. The minimum absolute atomic E-state index is 0.0536. The molecule has 5 rings (SSSR count). The number of anilines is 2. The lowest BCUT2D eigenvalue weighted by Gasteiger charge is -2.30. The zero-order valence-corrected chi connectivity index (χ0v) is 20.3. The van der Waals surface area contributed by atoms with Crippen molar-refractivity contribution < 1.29 is 13.2 Å². The predicted molar refractivity (Wildman–Crippen MR) is 131 cm³/mol. The molecule has 11 heteroatoms. The Hall–Kier alpha value is -3.20. The Bertz CT molecular complexity index is 1420. The van der Waals surface area contributed by atoms with E-state index in [1.165, 1.54) is 4.31 Å². The van der Waals surface area contributed by atoms with Crippen LogP contribution in [0.5, 0.6) is 0 Å². The molecule has 1 saturated carbocycles. The van der Waals surface area contributed by atoms with E-state index in [2.05, 4.69) is 16.4 Å². The largest absolute Gasteiger partial charge is 0.376 e. The Morgan fingerprint density at radius 2 is 2.06 bits per heavy atom. The number of nitrogens with zero attached hydrogens (tertiary/aromatic N) is 4. The molecule has 2 aliphatic rings. The van der Waals surface area contributed by atoms with Crippen LogP contribution in [0.25, 0.3) is 10.9 Å². The molecule has 3 aromatic rings. The van der Waals surface area contributed by atoms with E-state index in [0.29, 0.717) is 60.9 Å². The van der Waals surface area contributed by atoms with E-state index < -0.39 is 10.0 Å². The molecule has 184 valence electrons. The number of rotatable bonds is 8. The highest BCUT2D eigenvalue weighted by Crippen LogP contribution is 2.43. The second-order valence-corrected chi connectivity index (χ2v) is 11.1. The van der Waals surface area contributed by atoms with Gasteiger partial charge in [-0.15, -0.1) is 0 Å². The fourth-order valence-corrected chi connectivity index (χ4v) is 6.19. The van der Waals surface area contributed by atoms with Gasteiger partial charge in [0.25, 0.3) is 5.56 Å². The van der Waals surface area contributed by atoms with Crippen molar-refractivity contribution in [2.75, 3.05) is 25.0 Å². The van der Waals surface area contributed by atoms with Crippen LogP contribution in [0.1, 0.15) is 38.6 Å². The molecule has 1 aromatic carbocycles. The third kappa shape index (κ3) is 4.69. The number of nitriles is 1. The van der Waals surface area contributed by atoms with Crippen molar-refractivity contribution in [1.82, 2.24) is 19.1 Å². The lowest BCUT2D eigenvalue weighted by atomic mass is 10.1. The monoisotopic (exact) mass is 496 g/mol. The van der Waals surface area contributed by atoms with Gasteiger partial charge in [-0.2, -0.15) is 14.7 Å². The first-order valence-corrected chi connectivity index (χ1v) is 13.3. The Kier molecular flexibility index (Phi) is 6.35. The molecule has 1 saturated heterocycles. The molecule has 2 atom stereocenters. The van der Waals surface area contributed by atoms with Crippen LogP contribution in [0.4, 0.5) is 11.5 Å². The molecule has 1 aliphatic heterocycles. The normalized spacial score (nSPS) is 19.9. The number of aromatic nitrogens is 3. The minimum atomic E-state index is -3.62.